The van der Waals surface area contributed by atoms with Gasteiger partial charge in [-0.3, -0.25) is 0 Å². The number of rotatable bonds is 2. The zero-order valence-electron chi connectivity index (χ0n) is 12.0. The Morgan fingerprint density at radius 2 is 1.90 bits per heavy atom. The monoisotopic (exact) mass is 295 g/mol. The van der Waals surface area contributed by atoms with Crippen molar-refractivity contribution in [1.29, 1.82) is 0 Å². The standard InChI is InChI=1S/C16H22ClNO2/c1-18(19)10-7-14(8-11-18)16(9-2-12-20-16)13-3-5-15(17)6-4-13/h3-6,14H,2,7-12H2,1H3. The van der Waals surface area contributed by atoms with Crippen molar-refractivity contribution in [2.45, 2.75) is 31.3 Å². The lowest BCUT2D eigenvalue weighted by atomic mass is 9.74. The minimum Gasteiger partial charge on any atom is -0.633 e. The number of ether oxygens (including phenoxy) is 1. The third-order valence-electron chi connectivity index (χ3n) is 4.95. The average Bonchev–Trinajstić information content (AvgIpc) is 2.90. The summed E-state index contributed by atoms with van der Waals surface area (Å²) >= 11 is 6.00. The molecular weight excluding hydrogens is 274 g/mol. The highest BCUT2D eigenvalue weighted by Crippen LogP contribution is 2.47. The molecule has 0 N–H and O–H groups in total. The number of likely N-dealkylation sites (tertiary alicyclic amines) is 1. The van der Waals surface area contributed by atoms with Crippen LogP contribution in [0.4, 0.5) is 0 Å². The maximum absolute atomic E-state index is 12.0. The van der Waals surface area contributed by atoms with E-state index in [1.165, 1.54) is 5.56 Å². The third kappa shape index (κ3) is 2.60. The number of hydroxylamine groups is 3. The van der Waals surface area contributed by atoms with Crippen molar-refractivity contribution in [3.8, 4) is 0 Å². The van der Waals surface area contributed by atoms with E-state index in [1.807, 2.05) is 12.1 Å². The molecule has 0 bridgehead atoms. The van der Waals surface area contributed by atoms with Gasteiger partial charge in [-0.25, -0.2) is 0 Å². The fourth-order valence-corrected chi connectivity index (χ4v) is 3.88. The Morgan fingerprint density at radius 3 is 2.45 bits per heavy atom. The van der Waals surface area contributed by atoms with E-state index >= 15 is 0 Å². The van der Waals surface area contributed by atoms with E-state index in [-0.39, 0.29) is 10.2 Å². The average molecular weight is 296 g/mol. The molecule has 110 valence electrons. The molecule has 20 heavy (non-hydrogen) atoms. The quantitative estimate of drug-likeness (QED) is 0.615. The van der Waals surface area contributed by atoms with E-state index < -0.39 is 0 Å². The summed E-state index contributed by atoms with van der Waals surface area (Å²) in [6.45, 7) is 2.22. The normalized spacial score (nSPS) is 38.0. The summed E-state index contributed by atoms with van der Waals surface area (Å²) in [6.07, 6.45) is 4.05. The number of benzene rings is 1. The SMILES string of the molecule is C[N+]1([O-])CCC(C2(c3ccc(Cl)cc3)CCCO2)CC1. The van der Waals surface area contributed by atoms with Gasteiger partial charge < -0.3 is 14.6 Å². The summed E-state index contributed by atoms with van der Waals surface area (Å²) in [5.74, 6) is 0.450. The Bertz CT molecular complexity index is 456. The van der Waals surface area contributed by atoms with Crippen molar-refractivity contribution >= 4 is 11.6 Å². The molecule has 2 aliphatic heterocycles. The molecule has 1 aromatic carbocycles. The lowest BCUT2D eigenvalue weighted by Crippen LogP contribution is -2.49. The maximum atomic E-state index is 12.0. The predicted molar refractivity (Wildman–Crippen MR) is 80.3 cm³/mol. The van der Waals surface area contributed by atoms with E-state index in [0.29, 0.717) is 19.0 Å². The lowest BCUT2D eigenvalue weighted by Gasteiger charge is -2.48. The van der Waals surface area contributed by atoms with Crippen molar-refractivity contribution < 1.29 is 9.38 Å². The van der Waals surface area contributed by atoms with Gasteiger partial charge >= 0.3 is 0 Å². The van der Waals surface area contributed by atoms with Gasteiger partial charge in [0.05, 0.1) is 25.7 Å². The highest BCUT2D eigenvalue weighted by atomic mass is 35.5. The van der Waals surface area contributed by atoms with Crippen molar-refractivity contribution in [1.82, 2.24) is 0 Å². The minimum absolute atomic E-state index is 0.104. The largest absolute Gasteiger partial charge is 0.633 e. The summed E-state index contributed by atoms with van der Waals surface area (Å²) in [6, 6.07) is 8.06. The highest BCUT2D eigenvalue weighted by Gasteiger charge is 2.46. The molecular formula is C16H22ClNO2. The fourth-order valence-electron chi connectivity index (χ4n) is 3.76. The molecule has 0 aliphatic carbocycles. The summed E-state index contributed by atoms with van der Waals surface area (Å²) in [4.78, 5) is 0. The zero-order valence-corrected chi connectivity index (χ0v) is 12.7. The van der Waals surface area contributed by atoms with Crippen LogP contribution in [0.5, 0.6) is 0 Å². The topological polar surface area (TPSA) is 32.3 Å². The van der Waals surface area contributed by atoms with Crippen molar-refractivity contribution in [2.24, 2.45) is 5.92 Å². The Balaban J connectivity index is 1.87. The Labute approximate surface area is 125 Å². The van der Waals surface area contributed by atoms with Crippen LogP contribution in [0.25, 0.3) is 0 Å². The molecule has 1 atom stereocenters. The summed E-state index contributed by atoms with van der Waals surface area (Å²) in [5, 5.41) is 12.8. The Morgan fingerprint density at radius 1 is 1.25 bits per heavy atom. The number of quaternary nitrogens is 1. The van der Waals surface area contributed by atoms with Crippen LogP contribution < -0.4 is 0 Å². The van der Waals surface area contributed by atoms with Gasteiger partial charge in [0.25, 0.3) is 0 Å². The van der Waals surface area contributed by atoms with Gasteiger partial charge in [0, 0.05) is 30.4 Å². The number of hydrogen-bond donors (Lipinski definition) is 0. The first-order valence-electron chi connectivity index (χ1n) is 7.47. The Hall–Kier alpha value is -0.610. The Kier molecular flexibility index (Phi) is 3.80. The van der Waals surface area contributed by atoms with Gasteiger partial charge in [-0.05, 0) is 30.5 Å². The van der Waals surface area contributed by atoms with E-state index in [2.05, 4.69) is 12.1 Å². The maximum Gasteiger partial charge on any atom is 0.0964 e. The van der Waals surface area contributed by atoms with E-state index in [0.717, 1.165) is 37.3 Å². The smallest absolute Gasteiger partial charge is 0.0964 e. The van der Waals surface area contributed by atoms with E-state index in [1.54, 1.807) is 7.05 Å². The van der Waals surface area contributed by atoms with Crippen molar-refractivity contribution in [3.05, 3.63) is 40.1 Å². The second-order valence-corrected chi connectivity index (χ2v) is 6.80. The van der Waals surface area contributed by atoms with Crippen molar-refractivity contribution in [2.75, 3.05) is 26.7 Å². The van der Waals surface area contributed by atoms with Crippen LogP contribution in [0.1, 0.15) is 31.2 Å². The molecule has 2 fully saturated rings. The number of nitrogens with zero attached hydrogens (tertiary/aromatic N) is 1. The van der Waals surface area contributed by atoms with Crippen LogP contribution in [0.3, 0.4) is 0 Å². The number of piperidine rings is 1. The summed E-state index contributed by atoms with van der Waals surface area (Å²) in [5.41, 5.74) is 1.04. The lowest BCUT2D eigenvalue weighted by molar-refractivity contribution is -0.867. The van der Waals surface area contributed by atoms with Gasteiger partial charge in [-0.2, -0.15) is 0 Å². The van der Waals surface area contributed by atoms with Gasteiger partial charge in [0.2, 0.25) is 0 Å². The molecule has 3 rings (SSSR count). The molecule has 0 aromatic heterocycles. The molecule has 2 aliphatic rings. The molecule has 2 saturated heterocycles. The van der Waals surface area contributed by atoms with E-state index in [9.17, 15) is 5.21 Å². The molecule has 1 aromatic rings. The van der Waals surface area contributed by atoms with Crippen LogP contribution >= 0.6 is 11.6 Å². The minimum atomic E-state index is -0.189. The van der Waals surface area contributed by atoms with E-state index in [4.69, 9.17) is 16.3 Å². The van der Waals surface area contributed by atoms with Gasteiger partial charge in [-0.1, -0.05) is 23.7 Å². The molecule has 0 spiro atoms. The van der Waals surface area contributed by atoms with Crippen LogP contribution in [-0.2, 0) is 10.3 Å². The molecule has 0 amide bonds. The molecule has 3 nitrogen and oxygen atoms in total. The fraction of sp³-hybridized carbons (Fsp3) is 0.625. The van der Waals surface area contributed by atoms with Crippen LogP contribution in [0.15, 0.2) is 24.3 Å². The third-order valence-corrected chi connectivity index (χ3v) is 5.20. The first-order chi connectivity index (χ1) is 9.52. The first-order valence-corrected chi connectivity index (χ1v) is 7.85. The van der Waals surface area contributed by atoms with Crippen LogP contribution in [0, 0.1) is 11.1 Å². The molecule has 0 radical (unpaired) electrons. The zero-order chi connectivity index (χ0) is 14.2. The summed E-state index contributed by atoms with van der Waals surface area (Å²) < 4.78 is 6.12. The van der Waals surface area contributed by atoms with Gasteiger partial charge in [-0.15, -0.1) is 0 Å². The highest BCUT2D eigenvalue weighted by molar-refractivity contribution is 6.30. The second kappa shape index (κ2) is 5.30. The van der Waals surface area contributed by atoms with Crippen LogP contribution in [0.2, 0.25) is 5.02 Å². The molecule has 1 unspecified atom stereocenters. The number of halogens is 1. The van der Waals surface area contributed by atoms with Gasteiger partial charge in [0.1, 0.15) is 0 Å². The van der Waals surface area contributed by atoms with Crippen molar-refractivity contribution in [3.63, 3.8) is 0 Å². The molecule has 0 saturated carbocycles. The first kappa shape index (κ1) is 14.3. The molecule has 4 heteroatoms. The van der Waals surface area contributed by atoms with Crippen LogP contribution in [-0.4, -0.2) is 31.4 Å². The van der Waals surface area contributed by atoms with Gasteiger partial charge in [0.15, 0.2) is 0 Å². The number of hydrogen-bond acceptors (Lipinski definition) is 2. The second-order valence-electron chi connectivity index (χ2n) is 6.37. The summed E-state index contributed by atoms with van der Waals surface area (Å²) in [7, 11) is 1.78. The predicted octanol–water partition coefficient (Wildman–Crippen LogP) is 3.70. The molecule has 2 heterocycles.